The zero-order chi connectivity index (χ0) is 13.7. The van der Waals surface area contributed by atoms with E-state index in [0.717, 1.165) is 39.8 Å². The van der Waals surface area contributed by atoms with Crippen LogP contribution in [0.25, 0.3) is 16.7 Å². The molecule has 0 aliphatic carbocycles. The Morgan fingerprint density at radius 3 is 3.20 bits per heavy atom. The molecule has 0 fully saturated rings. The molecule has 4 rings (SSSR count). The lowest BCUT2D eigenvalue weighted by molar-refractivity contribution is 0.615. The van der Waals surface area contributed by atoms with Crippen LogP contribution in [-0.2, 0) is 0 Å². The van der Waals surface area contributed by atoms with Gasteiger partial charge in [0.05, 0.1) is 27.8 Å². The quantitative estimate of drug-likeness (QED) is 0.814. The molecule has 3 heterocycles. The van der Waals surface area contributed by atoms with Gasteiger partial charge >= 0.3 is 0 Å². The van der Waals surface area contributed by atoms with Gasteiger partial charge in [-0.2, -0.15) is 0 Å². The fourth-order valence-electron chi connectivity index (χ4n) is 2.54. The summed E-state index contributed by atoms with van der Waals surface area (Å²) in [6, 6.07) is 5.98. The first-order valence-electron chi connectivity index (χ1n) is 6.23. The molecule has 102 valence electrons. The predicted octanol–water partition coefficient (Wildman–Crippen LogP) is 4.49. The molecular weight excluding hydrogens is 312 g/mol. The third-order valence-electron chi connectivity index (χ3n) is 3.43. The van der Waals surface area contributed by atoms with Crippen molar-refractivity contribution in [1.82, 2.24) is 4.90 Å². The predicted molar refractivity (Wildman–Crippen MR) is 88.3 cm³/mol. The lowest BCUT2D eigenvalue weighted by Crippen LogP contribution is -2.19. The number of hydrogen-bond donors (Lipinski definition) is 0. The summed E-state index contributed by atoms with van der Waals surface area (Å²) in [5.41, 5.74) is 3.13. The summed E-state index contributed by atoms with van der Waals surface area (Å²) >= 11 is 9.86. The number of aliphatic imine (C=N–C) groups is 1. The Hall–Kier alpha value is -1.04. The summed E-state index contributed by atoms with van der Waals surface area (Å²) in [6.07, 6.45) is 3.77. The molecular formula is C14H11ClN2OS2. The standard InChI is InChI=1S/C14H11ClN2OS2/c1-19-13-12(17-4-3-16-14(17)20-13)8-6-10(15)9-2-5-18-11(9)7-8/h2,5-7H,3-4H2,1H3. The van der Waals surface area contributed by atoms with Gasteiger partial charge in [0.1, 0.15) is 5.58 Å². The average Bonchev–Trinajstić information content (AvgIpc) is 3.12. The molecule has 0 saturated heterocycles. The van der Waals surface area contributed by atoms with Gasteiger partial charge in [0.25, 0.3) is 0 Å². The first-order valence-corrected chi connectivity index (χ1v) is 8.65. The van der Waals surface area contributed by atoms with Gasteiger partial charge in [0.15, 0.2) is 5.17 Å². The fraction of sp³-hybridized carbons (Fsp3) is 0.214. The second kappa shape index (κ2) is 4.76. The van der Waals surface area contributed by atoms with Crippen molar-refractivity contribution in [3.63, 3.8) is 0 Å². The Morgan fingerprint density at radius 1 is 1.45 bits per heavy atom. The summed E-state index contributed by atoms with van der Waals surface area (Å²) in [6.45, 7) is 1.81. The molecule has 6 heteroatoms. The highest BCUT2D eigenvalue weighted by Gasteiger charge is 2.33. The van der Waals surface area contributed by atoms with Crippen molar-refractivity contribution in [2.45, 2.75) is 0 Å². The Balaban J connectivity index is 1.90. The van der Waals surface area contributed by atoms with Gasteiger partial charge in [-0.25, -0.2) is 0 Å². The van der Waals surface area contributed by atoms with Crippen LogP contribution in [-0.4, -0.2) is 29.4 Å². The van der Waals surface area contributed by atoms with Crippen molar-refractivity contribution in [3.8, 4) is 0 Å². The van der Waals surface area contributed by atoms with E-state index < -0.39 is 0 Å². The zero-order valence-corrected chi connectivity index (χ0v) is 13.1. The average molecular weight is 323 g/mol. The lowest BCUT2D eigenvalue weighted by atomic mass is 10.1. The maximum Gasteiger partial charge on any atom is 0.169 e. The summed E-state index contributed by atoms with van der Waals surface area (Å²) < 4.78 is 6.78. The van der Waals surface area contributed by atoms with E-state index >= 15 is 0 Å². The second-order valence-electron chi connectivity index (χ2n) is 4.55. The van der Waals surface area contributed by atoms with Crippen LogP contribution in [0.15, 0.2) is 38.1 Å². The number of rotatable bonds is 2. The van der Waals surface area contributed by atoms with Crippen molar-refractivity contribution in [3.05, 3.63) is 39.3 Å². The zero-order valence-electron chi connectivity index (χ0n) is 10.7. The molecule has 1 aromatic heterocycles. The van der Waals surface area contributed by atoms with Gasteiger partial charge < -0.3 is 9.32 Å². The number of nitrogens with zero attached hydrogens (tertiary/aromatic N) is 2. The largest absolute Gasteiger partial charge is 0.464 e. The summed E-state index contributed by atoms with van der Waals surface area (Å²) in [4.78, 5) is 6.82. The van der Waals surface area contributed by atoms with Gasteiger partial charge in [-0.15, -0.1) is 11.8 Å². The van der Waals surface area contributed by atoms with E-state index in [1.54, 1.807) is 29.8 Å². The molecule has 0 atom stereocenters. The van der Waals surface area contributed by atoms with E-state index in [1.807, 2.05) is 12.1 Å². The SMILES string of the molecule is CSC1=C(c2cc(Cl)c3ccoc3c2)N2CCN=C2S1. The normalized spacial score (nSPS) is 18.1. The van der Waals surface area contributed by atoms with Crippen LogP contribution in [0, 0.1) is 0 Å². The Morgan fingerprint density at radius 2 is 2.35 bits per heavy atom. The number of benzene rings is 1. The molecule has 0 spiro atoms. The van der Waals surface area contributed by atoms with Crippen LogP contribution in [0.3, 0.4) is 0 Å². The Bertz CT molecular complexity index is 766. The molecule has 20 heavy (non-hydrogen) atoms. The van der Waals surface area contributed by atoms with Gasteiger partial charge in [-0.3, -0.25) is 4.99 Å². The molecule has 0 saturated carbocycles. The lowest BCUT2D eigenvalue weighted by Gasteiger charge is -2.17. The van der Waals surface area contributed by atoms with E-state index in [9.17, 15) is 0 Å². The molecule has 0 N–H and O–H groups in total. The fourth-order valence-corrected chi connectivity index (χ4v) is 4.73. The van der Waals surface area contributed by atoms with E-state index in [1.165, 1.54) is 9.93 Å². The minimum absolute atomic E-state index is 0.730. The van der Waals surface area contributed by atoms with Crippen LogP contribution in [0.1, 0.15) is 5.56 Å². The first-order chi connectivity index (χ1) is 9.78. The van der Waals surface area contributed by atoms with Gasteiger partial charge in [-0.05, 0) is 36.2 Å². The summed E-state index contributed by atoms with van der Waals surface area (Å²) in [5.74, 6) is 0. The Labute approximate surface area is 130 Å². The molecule has 0 radical (unpaired) electrons. The van der Waals surface area contributed by atoms with E-state index in [-0.39, 0.29) is 0 Å². The second-order valence-corrected chi connectivity index (χ2v) is 7.01. The molecule has 2 aliphatic heterocycles. The minimum Gasteiger partial charge on any atom is -0.464 e. The van der Waals surface area contributed by atoms with Crippen LogP contribution >= 0.6 is 35.1 Å². The van der Waals surface area contributed by atoms with Crippen LogP contribution in [0.2, 0.25) is 5.02 Å². The highest BCUT2D eigenvalue weighted by molar-refractivity contribution is 8.30. The molecule has 0 bridgehead atoms. The Kier molecular flexibility index (Phi) is 3.02. The van der Waals surface area contributed by atoms with Crippen LogP contribution in [0.5, 0.6) is 0 Å². The van der Waals surface area contributed by atoms with Crippen molar-refractivity contribution in [1.29, 1.82) is 0 Å². The van der Waals surface area contributed by atoms with Crippen molar-refractivity contribution >= 4 is 57.0 Å². The van der Waals surface area contributed by atoms with Crippen LogP contribution in [0.4, 0.5) is 0 Å². The van der Waals surface area contributed by atoms with E-state index in [2.05, 4.69) is 22.2 Å². The number of hydrogen-bond acceptors (Lipinski definition) is 5. The number of thioether (sulfide) groups is 2. The molecule has 0 amide bonds. The maximum atomic E-state index is 6.37. The highest BCUT2D eigenvalue weighted by atomic mass is 35.5. The van der Waals surface area contributed by atoms with E-state index in [4.69, 9.17) is 16.0 Å². The topological polar surface area (TPSA) is 28.7 Å². The summed E-state index contributed by atoms with van der Waals surface area (Å²) in [7, 11) is 0. The van der Waals surface area contributed by atoms with Gasteiger partial charge in [0, 0.05) is 17.5 Å². The van der Waals surface area contributed by atoms with Crippen molar-refractivity contribution in [2.75, 3.05) is 19.3 Å². The number of amidine groups is 1. The maximum absolute atomic E-state index is 6.37. The smallest absolute Gasteiger partial charge is 0.169 e. The molecule has 0 unspecified atom stereocenters. The third-order valence-corrected chi connectivity index (χ3v) is 5.97. The third kappa shape index (κ3) is 1.80. The minimum atomic E-state index is 0.730. The molecule has 3 nitrogen and oxygen atoms in total. The van der Waals surface area contributed by atoms with Crippen molar-refractivity contribution in [2.24, 2.45) is 4.99 Å². The number of halogens is 1. The highest BCUT2D eigenvalue weighted by Crippen LogP contribution is 2.47. The van der Waals surface area contributed by atoms with Crippen LogP contribution < -0.4 is 0 Å². The monoisotopic (exact) mass is 322 g/mol. The summed E-state index contributed by atoms with van der Waals surface area (Å²) in [5, 5.41) is 2.79. The number of furan rings is 1. The molecule has 1 aromatic carbocycles. The molecule has 2 aliphatic rings. The first kappa shape index (κ1) is 12.7. The van der Waals surface area contributed by atoms with E-state index in [0.29, 0.717) is 0 Å². The van der Waals surface area contributed by atoms with Gasteiger partial charge in [0.2, 0.25) is 0 Å². The van der Waals surface area contributed by atoms with Crippen molar-refractivity contribution < 1.29 is 4.42 Å². The molecule has 2 aromatic rings. The number of fused-ring (bicyclic) bond motifs is 2. The van der Waals surface area contributed by atoms with Gasteiger partial charge in [-0.1, -0.05) is 11.6 Å².